The summed E-state index contributed by atoms with van der Waals surface area (Å²) in [7, 11) is 8.62. The number of rotatable bonds is 10. The van der Waals surface area contributed by atoms with Crippen LogP contribution in [0.3, 0.4) is 0 Å². The van der Waals surface area contributed by atoms with Gasteiger partial charge in [-0.2, -0.15) is 0 Å². The van der Waals surface area contributed by atoms with E-state index in [-0.39, 0.29) is 5.91 Å². The summed E-state index contributed by atoms with van der Waals surface area (Å²) in [5, 5.41) is 5.91. The summed E-state index contributed by atoms with van der Waals surface area (Å²) < 4.78 is 16.0. The maximum Gasteiger partial charge on any atom is 0.254 e. The molecule has 1 heterocycles. The fourth-order valence-electron chi connectivity index (χ4n) is 2.49. The fourth-order valence-corrected chi connectivity index (χ4v) is 2.49. The number of amides is 1. The molecule has 1 aromatic carbocycles. The van der Waals surface area contributed by atoms with Crippen molar-refractivity contribution in [2.24, 2.45) is 0 Å². The summed E-state index contributed by atoms with van der Waals surface area (Å²) >= 11 is 0. The van der Waals surface area contributed by atoms with Crippen molar-refractivity contribution >= 4 is 17.5 Å². The maximum atomic E-state index is 12.1. The molecule has 0 radical (unpaired) electrons. The molecule has 9 nitrogen and oxygen atoms in total. The number of carbonyl (C=O) groups is 1. The summed E-state index contributed by atoms with van der Waals surface area (Å²) in [4.78, 5) is 22.6. The van der Waals surface area contributed by atoms with Gasteiger partial charge in [0.25, 0.3) is 5.91 Å². The van der Waals surface area contributed by atoms with E-state index < -0.39 is 0 Å². The van der Waals surface area contributed by atoms with E-state index in [4.69, 9.17) is 14.2 Å². The van der Waals surface area contributed by atoms with Gasteiger partial charge in [0.1, 0.15) is 0 Å². The molecular formula is C19H27N5O4. The molecule has 1 amide bonds. The van der Waals surface area contributed by atoms with Crippen molar-refractivity contribution in [2.45, 2.75) is 6.42 Å². The highest BCUT2D eigenvalue weighted by atomic mass is 16.5. The minimum absolute atomic E-state index is 0.196. The lowest BCUT2D eigenvalue weighted by atomic mass is 10.2. The van der Waals surface area contributed by atoms with Gasteiger partial charge in [-0.05, 0) is 27.1 Å². The normalized spacial score (nSPS) is 10.5. The molecular weight excluding hydrogens is 362 g/mol. The predicted molar refractivity (Wildman–Crippen MR) is 107 cm³/mol. The second kappa shape index (κ2) is 10.3. The molecule has 0 saturated carbocycles. The second-order valence-corrected chi connectivity index (χ2v) is 6.25. The monoisotopic (exact) mass is 389 g/mol. The average Bonchev–Trinajstić information content (AvgIpc) is 2.70. The molecule has 0 aliphatic heterocycles. The average molecular weight is 389 g/mol. The highest BCUT2D eigenvalue weighted by Gasteiger charge is 2.14. The number of ether oxygens (including phenoxy) is 3. The van der Waals surface area contributed by atoms with Gasteiger partial charge < -0.3 is 29.7 Å². The lowest BCUT2D eigenvalue weighted by Gasteiger charge is -2.14. The van der Waals surface area contributed by atoms with Crippen LogP contribution in [0.2, 0.25) is 0 Å². The van der Waals surface area contributed by atoms with Crippen LogP contribution in [-0.2, 0) is 0 Å². The Morgan fingerprint density at radius 3 is 2.14 bits per heavy atom. The lowest BCUT2D eigenvalue weighted by molar-refractivity contribution is 0.0951. The van der Waals surface area contributed by atoms with E-state index in [0.717, 1.165) is 13.0 Å². The molecule has 0 unspecified atom stereocenters. The summed E-state index contributed by atoms with van der Waals surface area (Å²) in [5.41, 5.74) is 1.07. The molecule has 152 valence electrons. The number of nitrogens with one attached hydrogen (secondary N) is 2. The Hall–Kier alpha value is -3.07. The number of hydrogen-bond donors (Lipinski definition) is 2. The third-order valence-corrected chi connectivity index (χ3v) is 3.90. The highest BCUT2D eigenvalue weighted by Crippen LogP contribution is 2.40. The second-order valence-electron chi connectivity index (χ2n) is 6.25. The number of methoxy groups -OCH3 is 3. The van der Waals surface area contributed by atoms with Gasteiger partial charge in [-0.25, -0.2) is 9.97 Å². The van der Waals surface area contributed by atoms with Gasteiger partial charge in [0.15, 0.2) is 11.5 Å². The van der Waals surface area contributed by atoms with E-state index in [9.17, 15) is 4.79 Å². The lowest BCUT2D eigenvalue weighted by Crippen LogP contribution is -2.27. The largest absolute Gasteiger partial charge is 0.493 e. The first kappa shape index (κ1) is 21.2. The van der Waals surface area contributed by atoms with Gasteiger partial charge in [-0.15, -0.1) is 0 Å². The quantitative estimate of drug-likeness (QED) is 0.595. The van der Waals surface area contributed by atoms with Crippen LogP contribution >= 0.6 is 0 Å². The van der Waals surface area contributed by atoms with Crippen molar-refractivity contribution in [1.82, 2.24) is 20.2 Å². The van der Waals surface area contributed by atoms with Gasteiger partial charge in [0.05, 0.1) is 26.9 Å². The van der Waals surface area contributed by atoms with Crippen LogP contribution in [0, 0.1) is 0 Å². The van der Waals surface area contributed by atoms with Crippen LogP contribution in [0.1, 0.15) is 16.8 Å². The standard InChI is InChI=1S/C19H27N5O4/c1-24(2)8-6-7-20-18(25)13-11-21-19(22-12-13)23-14-9-15(26-3)17(28-5)16(10-14)27-4/h9-12H,6-8H2,1-5H3,(H,20,25)(H,21,22,23). The van der Waals surface area contributed by atoms with Gasteiger partial charge in [0.2, 0.25) is 11.7 Å². The topological polar surface area (TPSA) is 97.8 Å². The van der Waals surface area contributed by atoms with Gasteiger partial charge >= 0.3 is 0 Å². The zero-order chi connectivity index (χ0) is 20.5. The highest BCUT2D eigenvalue weighted by molar-refractivity contribution is 5.93. The molecule has 0 aliphatic carbocycles. The Kier molecular flexibility index (Phi) is 7.82. The van der Waals surface area contributed by atoms with Crippen molar-refractivity contribution in [3.05, 3.63) is 30.1 Å². The Balaban J connectivity index is 2.03. The number of hydrogen-bond acceptors (Lipinski definition) is 8. The Morgan fingerprint density at radius 2 is 1.64 bits per heavy atom. The van der Waals surface area contributed by atoms with Gasteiger partial charge in [-0.3, -0.25) is 4.79 Å². The Morgan fingerprint density at radius 1 is 1.04 bits per heavy atom. The zero-order valence-electron chi connectivity index (χ0n) is 16.9. The first-order valence-corrected chi connectivity index (χ1v) is 8.80. The molecule has 2 rings (SSSR count). The van der Waals surface area contributed by atoms with Crippen LogP contribution < -0.4 is 24.8 Å². The number of anilines is 2. The minimum Gasteiger partial charge on any atom is -0.493 e. The van der Waals surface area contributed by atoms with Crippen molar-refractivity contribution in [2.75, 3.05) is 53.8 Å². The molecule has 28 heavy (non-hydrogen) atoms. The number of carbonyl (C=O) groups excluding carboxylic acids is 1. The van der Waals surface area contributed by atoms with Crippen LogP contribution in [0.4, 0.5) is 11.6 Å². The maximum absolute atomic E-state index is 12.1. The third kappa shape index (κ3) is 5.71. The molecule has 1 aromatic heterocycles. The molecule has 2 N–H and O–H groups in total. The van der Waals surface area contributed by atoms with E-state index in [2.05, 4.69) is 25.5 Å². The Bertz CT molecular complexity index is 755. The fraction of sp³-hybridized carbons (Fsp3) is 0.421. The predicted octanol–water partition coefficient (Wildman–Crippen LogP) is 1.93. The van der Waals surface area contributed by atoms with Crippen molar-refractivity contribution in [3.8, 4) is 17.2 Å². The summed E-state index contributed by atoms with van der Waals surface area (Å²) in [5.74, 6) is 1.67. The third-order valence-electron chi connectivity index (χ3n) is 3.90. The molecule has 9 heteroatoms. The van der Waals surface area contributed by atoms with E-state index >= 15 is 0 Å². The summed E-state index contributed by atoms with van der Waals surface area (Å²) in [6, 6.07) is 3.49. The van der Waals surface area contributed by atoms with Crippen LogP contribution in [0.25, 0.3) is 0 Å². The molecule has 0 spiro atoms. The van der Waals surface area contributed by atoms with E-state index in [0.29, 0.717) is 41.0 Å². The van der Waals surface area contributed by atoms with Gasteiger partial charge in [-0.1, -0.05) is 0 Å². The van der Waals surface area contributed by atoms with Crippen molar-refractivity contribution in [3.63, 3.8) is 0 Å². The molecule has 0 bridgehead atoms. The van der Waals surface area contributed by atoms with E-state index in [1.165, 1.54) is 12.4 Å². The summed E-state index contributed by atoms with van der Waals surface area (Å²) in [6.45, 7) is 1.51. The van der Waals surface area contributed by atoms with Crippen LogP contribution in [0.15, 0.2) is 24.5 Å². The SMILES string of the molecule is COc1cc(Nc2ncc(C(=O)NCCCN(C)C)cn2)cc(OC)c1OC. The van der Waals surface area contributed by atoms with E-state index in [1.54, 1.807) is 33.5 Å². The van der Waals surface area contributed by atoms with Crippen molar-refractivity contribution in [1.29, 1.82) is 0 Å². The molecule has 0 fully saturated rings. The number of nitrogens with zero attached hydrogens (tertiary/aromatic N) is 3. The first-order valence-electron chi connectivity index (χ1n) is 8.80. The number of aromatic nitrogens is 2. The van der Waals surface area contributed by atoms with Crippen molar-refractivity contribution < 1.29 is 19.0 Å². The van der Waals surface area contributed by atoms with E-state index in [1.807, 2.05) is 14.1 Å². The van der Waals surface area contributed by atoms with Crippen LogP contribution in [0.5, 0.6) is 17.2 Å². The Labute approximate surface area is 165 Å². The van der Waals surface area contributed by atoms with Gasteiger partial charge in [0, 0.05) is 36.8 Å². The first-order chi connectivity index (χ1) is 13.5. The smallest absolute Gasteiger partial charge is 0.254 e. The minimum atomic E-state index is -0.196. The molecule has 0 atom stereocenters. The molecule has 2 aromatic rings. The van der Waals surface area contributed by atoms with Crippen LogP contribution in [-0.4, -0.2) is 69.3 Å². The molecule has 0 aliphatic rings. The zero-order valence-corrected chi connectivity index (χ0v) is 16.9. The number of benzene rings is 1. The molecule has 0 saturated heterocycles. The summed E-state index contributed by atoms with van der Waals surface area (Å²) in [6.07, 6.45) is 3.84.